The number of anilines is 5. The van der Waals surface area contributed by atoms with Crippen molar-refractivity contribution in [3.8, 4) is 17.2 Å². The van der Waals surface area contributed by atoms with Crippen LogP contribution in [0.4, 0.5) is 33.5 Å². The van der Waals surface area contributed by atoms with Crippen LogP contribution < -0.4 is 34.6 Å². The lowest BCUT2D eigenvalue weighted by atomic mass is 10.1. The molecule has 0 spiro atoms. The van der Waals surface area contributed by atoms with Gasteiger partial charge in [0.15, 0.2) is 28.8 Å². The zero-order valence-corrected chi connectivity index (χ0v) is 22.4. The fourth-order valence-electron chi connectivity index (χ4n) is 3.69. The van der Waals surface area contributed by atoms with Crippen molar-refractivity contribution < 1.29 is 42.3 Å². The third kappa shape index (κ3) is 6.17. The van der Waals surface area contributed by atoms with E-state index >= 15 is 0 Å². The van der Waals surface area contributed by atoms with Crippen molar-refractivity contribution in [1.82, 2.24) is 15.0 Å². The van der Waals surface area contributed by atoms with Gasteiger partial charge in [0, 0.05) is 23.4 Å². The Labute approximate surface area is 222 Å². The number of pyridine rings is 1. The molecule has 3 aromatic rings. The summed E-state index contributed by atoms with van der Waals surface area (Å²) in [4.78, 5) is 46.2. The van der Waals surface area contributed by atoms with Crippen LogP contribution in [0.5, 0.6) is 17.2 Å². The van der Waals surface area contributed by atoms with Gasteiger partial charge in [-0.15, -0.1) is 0 Å². The zero-order chi connectivity index (χ0) is 28.5. The molecular weight excluding hydrogens is 538 g/mol. The fraction of sp³-hybridized carbons (Fsp3) is 0.304. The predicted molar refractivity (Wildman–Crippen MR) is 135 cm³/mol. The average Bonchev–Trinajstić information content (AvgIpc) is 2.86. The van der Waals surface area contributed by atoms with Gasteiger partial charge < -0.3 is 34.6 Å². The second-order valence-electron chi connectivity index (χ2n) is 8.74. The minimum Gasteiger partial charge on any atom is -0.756 e. The van der Waals surface area contributed by atoms with Crippen molar-refractivity contribution in [3.05, 3.63) is 41.8 Å². The monoisotopic (exact) mass is 563 g/mol. The number of benzene rings is 1. The summed E-state index contributed by atoms with van der Waals surface area (Å²) in [5.41, 5.74) is -0.0725. The topological polar surface area (TPSA) is 180 Å². The van der Waals surface area contributed by atoms with Crippen molar-refractivity contribution >= 4 is 42.8 Å². The molecule has 1 amide bonds. The number of amides is 1. The molecule has 0 fully saturated rings. The summed E-state index contributed by atoms with van der Waals surface area (Å²) in [6, 6.07) is 6.29. The standard InChI is InChI=1S/C23H26FN6O8P/c1-12-16(35-4)8-13(9-17(12)36-5)26-22-25-10-14(24)19(29-22)27-18-7-6-15-20(28-18)30(11-37-39(32,33)34)21(31)23(2,3)38-15/h6-10H,11H2,1-5H3,(H2,32,33,34)(H2,25,26,27,28,29)/p-1. The van der Waals surface area contributed by atoms with Crippen LogP contribution in [0.1, 0.15) is 19.4 Å². The van der Waals surface area contributed by atoms with E-state index in [1.807, 2.05) is 6.92 Å². The number of hydrogen-bond donors (Lipinski definition) is 3. The van der Waals surface area contributed by atoms with Gasteiger partial charge in [-0.2, -0.15) is 4.98 Å². The fourth-order valence-corrected chi connectivity index (χ4v) is 3.95. The zero-order valence-electron chi connectivity index (χ0n) is 21.5. The van der Waals surface area contributed by atoms with Gasteiger partial charge in [0.05, 0.1) is 20.4 Å². The van der Waals surface area contributed by atoms with Gasteiger partial charge >= 0.3 is 0 Å². The van der Waals surface area contributed by atoms with Gasteiger partial charge in [-0.1, -0.05) is 0 Å². The van der Waals surface area contributed by atoms with E-state index in [-0.39, 0.29) is 29.2 Å². The van der Waals surface area contributed by atoms with E-state index < -0.39 is 31.9 Å². The highest BCUT2D eigenvalue weighted by Gasteiger charge is 2.42. The summed E-state index contributed by atoms with van der Waals surface area (Å²) in [5.74, 6) is -0.559. The minimum atomic E-state index is -5.15. The number of phosphoric ester groups is 1. The van der Waals surface area contributed by atoms with Crippen molar-refractivity contribution in [1.29, 1.82) is 0 Å². The first-order valence-corrected chi connectivity index (χ1v) is 12.8. The summed E-state index contributed by atoms with van der Waals surface area (Å²) in [7, 11) is -2.12. The highest BCUT2D eigenvalue weighted by molar-refractivity contribution is 7.44. The number of rotatable bonds is 9. The van der Waals surface area contributed by atoms with Gasteiger partial charge in [-0.05, 0) is 32.9 Å². The van der Waals surface area contributed by atoms with Crippen LogP contribution in [0.15, 0.2) is 30.5 Å². The first-order valence-electron chi connectivity index (χ1n) is 11.3. The Morgan fingerprint density at radius 3 is 2.46 bits per heavy atom. The highest BCUT2D eigenvalue weighted by Crippen LogP contribution is 2.40. The Hall–Kier alpha value is -4.04. The van der Waals surface area contributed by atoms with E-state index in [9.17, 15) is 18.6 Å². The predicted octanol–water partition coefficient (Wildman–Crippen LogP) is 2.76. The van der Waals surface area contributed by atoms with Crippen molar-refractivity contribution in [2.45, 2.75) is 26.4 Å². The number of hydrogen-bond acceptors (Lipinski definition) is 12. The molecule has 0 saturated heterocycles. The molecule has 1 aliphatic rings. The number of methoxy groups -OCH3 is 2. The summed E-state index contributed by atoms with van der Waals surface area (Å²) < 4.78 is 46.6. The van der Waals surface area contributed by atoms with E-state index in [2.05, 4.69) is 30.1 Å². The molecule has 0 saturated carbocycles. The molecule has 3 heterocycles. The molecule has 1 aromatic carbocycles. The maximum atomic E-state index is 14.6. The van der Waals surface area contributed by atoms with Crippen LogP contribution >= 0.6 is 7.82 Å². The number of carbonyl (C=O) groups excluding carboxylic acids is 1. The van der Waals surface area contributed by atoms with Gasteiger partial charge in [0.25, 0.3) is 13.7 Å². The van der Waals surface area contributed by atoms with E-state index in [0.717, 1.165) is 16.7 Å². The van der Waals surface area contributed by atoms with Crippen molar-refractivity contribution in [2.24, 2.45) is 0 Å². The van der Waals surface area contributed by atoms with Gasteiger partial charge in [0.2, 0.25) is 5.95 Å². The molecule has 1 atom stereocenters. The van der Waals surface area contributed by atoms with Gasteiger partial charge in [-0.3, -0.25) is 18.8 Å². The second-order valence-corrected chi connectivity index (χ2v) is 9.93. The minimum absolute atomic E-state index is 0.0337. The lowest BCUT2D eigenvalue weighted by Gasteiger charge is -2.38. The summed E-state index contributed by atoms with van der Waals surface area (Å²) in [6.45, 7) is 3.92. The summed E-state index contributed by atoms with van der Waals surface area (Å²) >= 11 is 0. The third-order valence-electron chi connectivity index (χ3n) is 5.57. The Balaban J connectivity index is 1.62. The number of fused-ring (bicyclic) bond motifs is 1. The normalized spacial score (nSPS) is 15.6. The molecule has 1 aliphatic heterocycles. The van der Waals surface area contributed by atoms with E-state index in [1.54, 1.807) is 12.1 Å². The van der Waals surface area contributed by atoms with Crippen LogP contribution in [0.25, 0.3) is 0 Å². The number of nitrogens with one attached hydrogen (secondary N) is 2. The van der Waals surface area contributed by atoms with Crippen LogP contribution in [-0.4, -0.2) is 52.3 Å². The number of aromatic nitrogens is 3. The summed E-state index contributed by atoms with van der Waals surface area (Å²) in [5, 5.41) is 5.66. The van der Waals surface area contributed by atoms with E-state index in [0.29, 0.717) is 17.2 Å². The molecule has 0 bridgehead atoms. The average molecular weight is 563 g/mol. The maximum Gasteiger partial charge on any atom is 0.273 e. The lowest BCUT2D eigenvalue weighted by Crippen LogP contribution is -2.53. The van der Waals surface area contributed by atoms with Crippen LogP contribution in [0.3, 0.4) is 0 Å². The Morgan fingerprint density at radius 1 is 1.18 bits per heavy atom. The molecule has 16 heteroatoms. The Kier molecular flexibility index (Phi) is 7.61. The number of nitrogens with zero attached hydrogens (tertiary/aromatic N) is 4. The Morgan fingerprint density at radius 2 is 1.85 bits per heavy atom. The number of halogens is 1. The quantitative estimate of drug-likeness (QED) is 0.324. The highest BCUT2D eigenvalue weighted by atomic mass is 31.2. The maximum absolute atomic E-state index is 14.6. The number of ether oxygens (including phenoxy) is 3. The largest absolute Gasteiger partial charge is 0.756 e. The van der Waals surface area contributed by atoms with E-state index in [4.69, 9.17) is 19.1 Å². The van der Waals surface area contributed by atoms with Crippen LogP contribution in [0.2, 0.25) is 0 Å². The molecule has 4 rings (SSSR count). The molecule has 3 N–H and O–H groups in total. The van der Waals surface area contributed by atoms with Gasteiger partial charge in [-0.25, -0.2) is 14.4 Å². The first-order chi connectivity index (χ1) is 18.3. The molecule has 2 aromatic heterocycles. The van der Waals surface area contributed by atoms with Gasteiger partial charge in [0.1, 0.15) is 24.0 Å². The number of phosphoric acid groups is 1. The van der Waals surface area contributed by atoms with Crippen LogP contribution in [0, 0.1) is 12.7 Å². The summed E-state index contributed by atoms with van der Waals surface area (Å²) in [6.07, 6.45) is 0.945. The van der Waals surface area contributed by atoms with E-state index in [1.165, 1.54) is 40.2 Å². The van der Waals surface area contributed by atoms with Crippen molar-refractivity contribution in [3.63, 3.8) is 0 Å². The molecule has 0 radical (unpaired) electrons. The molecular formula is C23H25FN6O8P-. The smallest absolute Gasteiger partial charge is 0.273 e. The molecule has 0 aliphatic carbocycles. The first kappa shape index (κ1) is 28.0. The SMILES string of the molecule is COc1cc(Nc2ncc(F)c(Nc3ccc4c(n3)N(COP(=O)([O-])O)C(=O)C(C)(C)O4)n2)cc(OC)c1C. The molecule has 14 nitrogen and oxygen atoms in total. The van der Waals surface area contributed by atoms with Crippen LogP contribution in [-0.2, 0) is 13.9 Å². The second kappa shape index (κ2) is 10.6. The number of carbonyl (C=O) groups is 1. The lowest BCUT2D eigenvalue weighted by molar-refractivity contribution is -0.219. The third-order valence-corrected chi connectivity index (χ3v) is 6.01. The Bertz CT molecular complexity index is 1440. The molecule has 39 heavy (non-hydrogen) atoms. The molecule has 208 valence electrons. The van der Waals surface area contributed by atoms with Crippen molar-refractivity contribution in [2.75, 3.05) is 36.5 Å². The molecule has 1 unspecified atom stereocenters.